The summed E-state index contributed by atoms with van der Waals surface area (Å²) in [6.45, 7) is 3.04. The first-order chi connectivity index (χ1) is 9.26. The Bertz CT molecular complexity index is 537. The molecule has 0 saturated heterocycles. The largest absolute Gasteiger partial charge is 0.326 e. The van der Waals surface area contributed by atoms with Gasteiger partial charge in [0.25, 0.3) is 5.91 Å². The zero-order valence-corrected chi connectivity index (χ0v) is 10.9. The fourth-order valence-corrected chi connectivity index (χ4v) is 1.88. The molecule has 2 aromatic rings. The van der Waals surface area contributed by atoms with E-state index in [0.717, 1.165) is 11.3 Å². The lowest BCUT2D eigenvalue weighted by Crippen LogP contribution is -2.31. The highest BCUT2D eigenvalue weighted by Crippen LogP contribution is 2.17. The van der Waals surface area contributed by atoms with Gasteiger partial charge in [-0.05, 0) is 36.8 Å². The third-order valence-electron chi connectivity index (χ3n) is 2.93. The zero-order valence-electron chi connectivity index (χ0n) is 10.9. The molecule has 0 aliphatic rings. The second kappa shape index (κ2) is 6.11. The summed E-state index contributed by atoms with van der Waals surface area (Å²) in [6.07, 6.45) is 1.62. The van der Waals surface area contributed by atoms with E-state index < -0.39 is 0 Å². The van der Waals surface area contributed by atoms with Crippen LogP contribution in [-0.2, 0) is 6.54 Å². The Morgan fingerprint density at radius 3 is 2.47 bits per heavy atom. The van der Waals surface area contributed by atoms with Crippen LogP contribution in [0.1, 0.15) is 23.0 Å². The molecule has 1 aromatic carbocycles. The quantitative estimate of drug-likeness (QED) is 0.911. The number of aromatic nitrogens is 1. The van der Waals surface area contributed by atoms with Crippen molar-refractivity contribution in [3.63, 3.8) is 0 Å². The predicted molar refractivity (Wildman–Crippen MR) is 75.9 cm³/mol. The topological polar surface area (TPSA) is 59.2 Å². The summed E-state index contributed by atoms with van der Waals surface area (Å²) in [4.78, 5) is 18.2. The molecule has 19 heavy (non-hydrogen) atoms. The highest BCUT2D eigenvalue weighted by Gasteiger charge is 2.16. The Morgan fingerprint density at radius 1 is 1.21 bits per heavy atom. The summed E-state index contributed by atoms with van der Waals surface area (Å²) >= 11 is 0. The van der Waals surface area contributed by atoms with Gasteiger partial charge < -0.3 is 10.6 Å². The van der Waals surface area contributed by atoms with Crippen LogP contribution in [0, 0.1) is 0 Å². The normalized spacial score (nSPS) is 10.2. The van der Waals surface area contributed by atoms with E-state index in [2.05, 4.69) is 4.98 Å². The summed E-state index contributed by atoms with van der Waals surface area (Å²) in [6, 6.07) is 13.0. The summed E-state index contributed by atoms with van der Waals surface area (Å²) in [7, 11) is 0. The number of nitrogens with zero attached hydrogens (tertiary/aromatic N) is 2. The van der Waals surface area contributed by atoms with Crippen LogP contribution in [-0.4, -0.2) is 17.4 Å². The lowest BCUT2D eigenvalue weighted by molar-refractivity contribution is 0.0983. The van der Waals surface area contributed by atoms with Crippen LogP contribution in [0.4, 0.5) is 5.69 Å². The summed E-state index contributed by atoms with van der Waals surface area (Å²) in [5.74, 6) is -0.0939. The number of amides is 1. The van der Waals surface area contributed by atoms with Crippen molar-refractivity contribution in [3.8, 4) is 0 Å². The smallest absolute Gasteiger partial charge is 0.276 e. The molecule has 2 rings (SSSR count). The van der Waals surface area contributed by atoms with Crippen molar-refractivity contribution < 1.29 is 4.79 Å². The Hall–Kier alpha value is -2.20. The number of carbonyl (C=O) groups excluding carboxylic acids is 1. The van der Waals surface area contributed by atoms with Gasteiger partial charge in [0, 0.05) is 25.0 Å². The molecule has 0 atom stereocenters. The van der Waals surface area contributed by atoms with E-state index >= 15 is 0 Å². The molecule has 0 spiro atoms. The van der Waals surface area contributed by atoms with Crippen molar-refractivity contribution in [3.05, 3.63) is 59.9 Å². The number of hydrogen-bond acceptors (Lipinski definition) is 3. The third-order valence-corrected chi connectivity index (χ3v) is 2.93. The third kappa shape index (κ3) is 2.98. The summed E-state index contributed by atoms with van der Waals surface area (Å²) in [5.41, 5.74) is 7.92. The van der Waals surface area contributed by atoms with Crippen LogP contribution < -0.4 is 10.6 Å². The van der Waals surface area contributed by atoms with Crippen molar-refractivity contribution in [2.45, 2.75) is 13.5 Å². The van der Waals surface area contributed by atoms with Crippen molar-refractivity contribution >= 4 is 11.6 Å². The Balaban J connectivity index is 2.26. The Morgan fingerprint density at radius 2 is 1.95 bits per heavy atom. The molecule has 0 aliphatic heterocycles. The average Bonchev–Trinajstić information content (AvgIpc) is 2.49. The van der Waals surface area contributed by atoms with E-state index in [1.807, 2.05) is 37.3 Å². The molecule has 4 heteroatoms. The molecule has 1 aromatic heterocycles. The minimum Gasteiger partial charge on any atom is -0.326 e. The molecular weight excluding hydrogens is 238 g/mol. The van der Waals surface area contributed by atoms with E-state index in [4.69, 9.17) is 5.73 Å². The van der Waals surface area contributed by atoms with Gasteiger partial charge in [-0.15, -0.1) is 0 Å². The standard InChI is InChI=1S/C15H17N3O/c1-2-18(13-8-6-12(11-16)7-9-13)15(19)14-5-3-4-10-17-14/h3-10H,2,11,16H2,1H3. The van der Waals surface area contributed by atoms with Gasteiger partial charge in [-0.2, -0.15) is 0 Å². The van der Waals surface area contributed by atoms with Crippen LogP contribution in [0.3, 0.4) is 0 Å². The number of carbonyl (C=O) groups is 1. The van der Waals surface area contributed by atoms with Gasteiger partial charge in [-0.3, -0.25) is 9.78 Å². The minimum atomic E-state index is -0.0939. The molecule has 0 unspecified atom stereocenters. The average molecular weight is 255 g/mol. The molecule has 0 fully saturated rings. The first kappa shape index (κ1) is 13.2. The van der Waals surface area contributed by atoms with Gasteiger partial charge in [-0.25, -0.2) is 0 Å². The molecule has 1 heterocycles. The maximum absolute atomic E-state index is 12.4. The van der Waals surface area contributed by atoms with E-state index in [1.165, 1.54) is 0 Å². The van der Waals surface area contributed by atoms with E-state index in [-0.39, 0.29) is 5.91 Å². The van der Waals surface area contributed by atoms with E-state index in [0.29, 0.717) is 18.8 Å². The van der Waals surface area contributed by atoms with Gasteiger partial charge >= 0.3 is 0 Å². The Kier molecular flexibility index (Phi) is 4.26. The zero-order chi connectivity index (χ0) is 13.7. The molecule has 4 nitrogen and oxygen atoms in total. The first-order valence-corrected chi connectivity index (χ1v) is 6.28. The van der Waals surface area contributed by atoms with Crippen LogP contribution in [0.2, 0.25) is 0 Å². The van der Waals surface area contributed by atoms with Gasteiger partial charge in [0.1, 0.15) is 5.69 Å². The summed E-state index contributed by atoms with van der Waals surface area (Å²) in [5, 5.41) is 0. The van der Waals surface area contributed by atoms with Crippen LogP contribution in [0.5, 0.6) is 0 Å². The van der Waals surface area contributed by atoms with Gasteiger partial charge in [-0.1, -0.05) is 18.2 Å². The molecule has 0 aliphatic carbocycles. The fourth-order valence-electron chi connectivity index (χ4n) is 1.88. The second-order valence-electron chi connectivity index (χ2n) is 4.13. The molecular formula is C15H17N3O. The molecule has 0 radical (unpaired) electrons. The maximum atomic E-state index is 12.4. The highest BCUT2D eigenvalue weighted by atomic mass is 16.2. The lowest BCUT2D eigenvalue weighted by Gasteiger charge is -2.20. The van der Waals surface area contributed by atoms with Gasteiger partial charge in [0.2, 0.25) is 0 Å². The summed E-state index contributed by atoms with van der Waals surface area (Å²) < 4.78 is 0. The van der Waals surface area contributed by atoms with Crippen molar-refractivity contribution in [1.82, 2.24) is 4.98 Å². The fraction of sp³-hybridized carbons (Fsp3) is 0.200. The molecule has 98 valence electrons. The van der Waals surface area contributed by atoms with Crippen molar-refractivity contribution in [1.29, 1.82) is 0 Å². The number of rotatable bonds is 4. The van der Waals surface area contributed by atoms with Crippen molar-refractivity contribution in [2.24, 2.45) is 5.73 Å². The SMILES string of the molecule is CCN(C(=O)c1ccccn1)c1ccc(CN)cc1. The number of anilines is 1. The monoisotopic (exact) mass is 255 g/mol. The van der Waals surface area contributed by atoms with Crippen molar-refractivity contribution in [2.75, 3.05) is 11.4 Å². The molecule has 0 bridgehead atoms. The van der Waals surface area contributed by atoms with Gasteiger partial charge in [0.15, 0.2) is 0 Å². The van der Waals surface area contributed by atoms with Crippen LogP contribution in [0.25, 0.3) is 0 Å². The number of benzene rings is 1. The maximum Gasteiger partial charge on any atom is 0.276 e. The number of nitrogens with two attached hydrogens (primary N) is 1. The van der Waals surface area contributed by atoms with Gasteiger partial charge in [0.05, 0.1) is 0 Å². The lowest BCUT2D eigenvalue weighted by atomic mass is 10.2. The van der Waals surface area contributed by atoms with Crippen LogP contribution in [0.15, 0.2) is 48.7 Å². The Labute approximate surface area is 112 Å². The molecule has 2 N–H and O–H groups in total. The highest BCUT2D eigenvalue weighted by molar-refractivity contribution is 6.04. The van der Waals surface area contributed by atoms with E-state index in [1.54, 1.807) is 23.2 Å². The minimum absolute atomic E-state index is 0.0939. The predicted octanol–water partition coefficient (Wildman–Crippen LogP) is 2.21. The first-order valence-electron chi connectivity index (χ1n) is 6.28. The second-order valence-corrected chi connectivity index (χ2v) is 4.13. The molecule has 1 amide bonds. The molecule has 0 saturated carbocycles. The number of hydrogen-bond donors (Lipinski definition) is 1. The van der Waals surface area contributed by atoms with E-state index in [9.17, 15) is 4.79 Å². The number of pyridine rings is 1. The van der Waals surface area contributed by atoms with Crippen LogP contribution >= 0.6 is 0 Å².